The second kappa shape index (κ2) is 12.6. The van der Waals surface area contributed by atoms with E-state index >= 15 is 0 Å². The summed E-state index contributed by atoms with van der Waals surface area (Å²) in [5.41, 5.74) is 3.99. The van der Waals surface area contributed by atoms with Crippen LogP contribution in [0.25, 0.3) is 11.0 Å². The predicted molar refractivity (Wildman–Crippen MR) is 165 cm³/mol. The van der Waals surface area contributed by atoms with Gasteiger partial charge in [-0.05, 0) is 78.3 Å². The number of halogens is 3. The standard InChI is InChI=1S/C32H37F3N4O5S/c1-6-44-30(40)16-26(23-13-27-31(28(14-23)43-5)38(4)37-36-27)21-8-7-20(3)24(12-21)18-39-17-19(2)11-22-9-10-25(32(33,34)35)15-29(22)45(39,41)42/h7-10,12-15,19,26,41-42H,6,11,16-18H2,1-5H3/t19-,26?/m0/s1. The number of esters is 1. The van der Waals surface area contributed by atoms with Gasteiger partial charge in [-0.2, -0.15) is 17.5 Å². The molecule has 0 fully saturated rings. The number of methoxy groups -OCH3 is 1. The summed E-state index contributed by atoms with van der Waals surface area (Å²) >= 11 is 0. The molecule has 0 radical (unpaired) electrons. The molecule has 0 aliphatic carbocycles. The number of ether oxygens (including phenoxy) is 2. The molecule has 0 spiro atoms. The van der Waals surface area contributed by atoms with Gasteiger partial charge < -0.3 is 9.47 Å². The van der Waals surface area contributed by atoms with E-state index in [1.807, 2.05) is 44.2 Å². The Morgan fingerprint density at radius 2 is 1.89 bits per heavy atom. The van der Waals surface area contributed by atoms with Gasteiger partial charge >= 0.3 is 12.1 Å². The molecular weight excluding hydrogens is 609 g/mol. The third-order valence-electron chi connectivity index (χ3n) is 8.24. The molecule has 4 aromatic rings. The van der Waals surface area contributed by atoms with E-state index in [1.54, 1.807) is 25.8 Å². The lowest BCUT2D eigenvalue weighted by molar-refractivity contribution is -0.143. The summed E-state index contributed by atoms with van der Waals surface area (Å²) in [5, 5.41) is 8.35. The molecule has 1 unspecified atom stereocenters. The Morgan fingerprint density at radius 1 is 1.13 bits per heavy atom. The number of alkyl halides is 3. The molecule has 45 heavy (non-hydrogen) atoms. The van der Waals surface area contributed by atoms with Gasteiger partial charge in [0.05, 0.1) is 30.6 Å². The van der Waals surface area contributed by atoms with Crippen LogP contribution in [0.5, 0.6) is 5.75 Å². The number of carbonyl (C=O) groups is 1. The number of fused-ring (bicyclic) bond motifs is 2. The van der Waals surface area contributed by atoms with E-state index in [9.17, 15) is 27.1 Å². The van der Waals surface area contributed by atoms with Gasteiger partial charge in [-0.1, -0.05) is 36.4 Å². The molecule has 1 aliphatic rings. The topological polar surface area (TPSA) is 110 Å². The van der Waals surface area contributed by atoms with Crippen molar-refractivity contribution >= 4 is 27.8 Å². The van der Waals surface area contributed by atoms with Crippen molar-refractivity contribution in [3.05, 3.63) is 81.9 Å². The van der Waals surface area contributed by atoms with Crippen molar-refractivity contribution in [3.8, 4) is 5.75 Å². The lowest BCUT2D eigenvalue weighted by atomic mass is 9.86. The fourth-order valence-electron chi connectivity index (χ4n) is 5.95. The largest absolute Gasteiger partial charge is 0.494 e. The first-order chi connectivity index (χ1) is 21.2. The minimum absolute atomic E-state index is 0.0226. The maximum atomic E-state index is 13.6. The van der Waals surface area contributed by atoms with Crippen LogP contribution < -0.4 is 4.74 Å². The van der Waals surface area contributed by atoms with Crippen LogP contribution in [0, 0.1) is 12.8 Å². The number of benzene rings is 3. The Bertz CT molecular complexity index is 1730. The Morgan fingerprint density at radius 3 is 2.58 bits per heavy atom. The molecule has 2 heterocycles. The highest BCUT2D eigenvalue weighted by Crippen LogP contribution is 2.57. The van der Waals surface area contributed by atoms with Crippen molar-refractivity contribution in [1.82, 2.24) is 19.3 Å². The first-order valence-corrected chi connectivity index (χ1v) is 16.1. The number of aromatic nitrogens is 3. The van der Waals surface area contributed by atoms with E-state index in [-0.39, 0.29) is 36.9 Å². The van der Waals surface area contributed by atoms with Crippen molar-refractivity contribution < 1.29 is 36.5 Å². The minimum Gasteiger partial charge on any atom is -0.494 e. The van der Waals surface area contributed by atoms with Crippen LogP contribution in [0.15, 0.2) is 53.4 Å². The molecule has 0 bridgehead atoms. The van der Waals surface area contributed by atoms with E-state index < -0.39 is 34.4 Å². The van der Waals surface area contributed by atoms with Crippen LogP contribution in [0.3, 0.4) is 0 Å². The zero-order valence-corrected chi connectivity index (χ0v) is 26.6. The number of aryl methyl sites for hydroxylation is 2. The number of carbonyl (C=O) groups excluding carboxylic acids is 1. The highest BCUT2D eigenvalue weighted by Gasteiger charge is 2.37. The number of hydrogen-bond acceptors (Lipinski definition) is 8. The number of hydrogen-bond donors (Lipinski definition) is 2. The third kappa shape index (κ3) is 6.67. The molecule has 242 valence electrons. The smallest absolute Gasteiger partial charge is 0.416 e. The van der Waals surface area contributed by atoms with Gasteiger partial charge in [-0.25, -0.2) is 4.68 Å². The fourth-order valence-corrected chi connectivity index (χ4v) is 7.80. The summed E-state index contributed by atoms with van der Waals surface area (Å²) in [4.78, 5) is 12.7. The molecular formula is C32H37F3N4O5S. The van der Waals surface area contributed by atoms with Gasteiger partial charge in [0.2, 0.25) is 0 Å². The SMILES string of the molecule is CCOC(=O)CC(c1ccc(C)c(CN2C[C@@H](C)Cc3ccc(C(F)(F)F)cc3S2(O)O)c1)c1cc(OC)c2c(c1)nnn2C. The van der Waals surface area contributed by atoms with E-state index in [2.05, 4.69) is 10.3 Å². The van der Waals surface area contributed by atoms with Crippen molar-refractivity contribution in [2.24, 2.45) is 13.0 Å². The maximum Gasteiger partial charge on any atom is 0.416 e. The van der Waals surface area contributed by atoms with Crippen LogP contribution in [0.2, 0.25) is 0 Å². The molecule has 5 rings (SSSR count). The average molecular weight is 647 g/mol. The summed E-state index contributed by atoms with van der Waals surface area (Å²) in [5.74, 6) is -0.376. The first-order valence-electron chi connectivity index (χ1n) is 14.6. The second-order valence-electron chi connectivity index (χ2n) is 11.5. The van der Waals surface area contributed by atoms with Crippen LogP contribution >= 0.6 is 10.8 Å². The van der Waals surface area contributed by atoms with Gasteiger partial charge in [0.25, 0.3) is 0 Å². The van der Waals surface area contributed by atoms with E-state index in [0.717, 1.165) is 34.4 Å². The number of rotatable bonds is 8. The summed E-state index contributed by atoms with van der Waals surface area (Å²) < 4.78 is 77.9. The van der Waals surface area contributed by atoms with Crippen molar-refractivity contribution in [1.29, 1.82) is 0 Å². The van der Waals surface area contributed by atoms with E-state index in [4.69, 9.17) is 9.47 Å². The van der Waals surface area contributed by atoms with Gasteiger partial charge in [-0.3, -0.25) is 13.9 Å². The molecule has 2 N–H and O–H groups in total. The van der Waals surface area contributed by atoms with Gasteiger partial charge in [0.1, 0.15) is 16.8 Å². The van der Waals surface area contributed by atoms with Crippen LogP contribution in [0.1, 0.15) is 59.6 Å². The normalized spacial score (nSPS) is 18.2. The van der Waals surface area contributed by atoms with Crippen LogP contribution in [-0.2, 0) is 35.7 Å². The van der Waals surface area contributed by atoms with Crippen molar-refractivity contribution in [2.45, 2.75) is 57.1 Å². The second-order valence-corrected chi connectivity index (χ2v) is 13.5. The molecule has 0 saturated carbocycles. The van der Waals surface area contributed by atoms with Gasteiger partial charge in [0.15, 0.2) is 0 Å². The average Bonchev–Trinajstić information content (AvgIpc) is 3.32. The quantitative estimate of drug-likeness (QED) is 0.195. The lowest BCUT2D eigenvalue weighted by Crippen LogP contribution is -2.30. The van der Waals surface area contributed by atoms with E-state index in [0.29, 0.717) is 28.8 Å². The predicted octanol–water partition coefficient (Wildman–Crippen LogP) is 7.11. The molecule has 2 atom stereocenters. The molecule has 3 aromatic carbocycles. The maximum absolute atomic E-state index is 13.6. The highest BCUT2D eigenvalue weighted by atomic mass is 32.3. The van der Waals surface area contributed by atoms with Crippen LogP contribution in [0.4, 0.5) is 13.2 Å². The Kier molecular flexibility index (Phi) is 9.18. The van der Waals surface area contributed by atoms with E-state index in [1.165, 1.54) is 10.4 Å². The van der Waals surface area contributed by atoms with Gasteiger partial charge in [-0.15, -0.1) is 15.9 Å². The van der Waals surface area contributed by atoms with Crippen molar-refractivity contribution in [3.63, 3.8) is 0 Å². The van der Waals surface area contributed by atoms with Crippen molar-refractivity contribution in [2.75, 3.05) is 20.3 Å². The van der Waals surface area contributed by atoms with Gasteiger partial charge in [0, 0.05) is 26.1 Å². The summed E-state index contributed by atoms with van der Waals surface area (Å²) in [6.45, 7) is 6.11. The monoisotopic (exact) mass is 646 g/mol. The molecule has 0 amide bonds. The molecule has 0 saturated heterocycles. The Hall–Kier alpha value is -3.65. The zero-order chi connectivity index (χ0) is 32.7. The van der Waals surface area contributed by atoms with Crippen LogP contribution in [-0.4, -0.2) is 54.6 Å². The first kappa shape index (κ1) is 32.7. The molecule has 1 aromatic heterocycles. The summed E-state index contributed by atoms with van der Waals surface area (Å²) in [6, 6.07) is 12.6. The zero-order valence-electron chi connectivity index (χ0n) is 25.8. The highest BCUT2D eigenvalue weighted by molar-refractivity contribution is 8.22. The molecule has 1 aliphatic heterocycles. The molecule has 13 heteroatoms. The summed E-state index contributed by atoms with van der Waals surface area (Å²) in [6.07, 6.45) is -4.19. The fraction of sp³-hybridized carbons (Fsp3) is 0.406. The minimum atomic E-state index is -4.62. The Balaban J connectivity index is 1.56. The number of nitrogens with zero attached hydrogens (tertiary/aromatic N) is 4. The summed E-state index contributed by atoms with van der Waals surface area (Å²) in [7, 11) is -0.459. The molecule has 9 nitrogen and oxygen atoms in total. The Labute approximate surface area is 261 Å². The lowest BCUT2D eigenvalue weighted by Gasteiger charge is -2.43. The third-order valence-corrected chi connectivity index (χ3v) is 10.2.